The molecule has 106 valence electrons. The molecule has 0 saturated carbocycles. The molecular weight excluding hydrogens is 295 g/mol. The van der Waals surface area contributed by atoms with Crippen LogP contribution in [0.2, 0.25) is 0 Å². The summed E-state index contributed by atoms with van der Waals surface area (Å²) >= 11 is 1.04. The number of nitrogens with zero attached hydrogens (tertiary/aromatic N) is 4. The molecule has 0 aliphatic carbocycles. The molecule has 6 nitrogen and oxygen atoms in total. The lowest BCUT2D eigenvalue weighted by Crippen LogP contribution is -2.24. The van der Waals surface area contributed by atoms with E-state index in [9.17, 15) is 14.3 Å². The van der Waals surface area contributed by atoms with Gasteiger partial charge in [0.15, 0.2) is 11.5 Å². The van der Waals surface area contributed by atoms with Gasteiger partial charge in [0.05, 0.1) is 5.97 Å². The van der Waals surface area contributed by atoms with Crippen molar-refractivity contribution in [1.29, 1.82) is 0 Å². The molecule has 0 aliphatic heterocycles. The normalized spacial score (nSPS) is 10.9. The van der Waals surface area contributed by atoms with Crippen molar-refractivity contribution in [2.75, 3.05) is 5.75 Å². The lowest BCUT2D eigenvalue weighted by atomic mass is 10.2. The minimum Gasteiger partial charge on any atom is -0.549 e. The maximum atomic E-state index is 13.0. The van der Waals surface area contributed by atoms with Crippen LogP contribution < -0.4 is 5.11 Å². The topological polar surface area (TPSA) is 83.2 Å². The van der Waals surface area contributed by atoms with Crippen LogP contribution in [0.15, 0.2) is 41.4 Å². The average Bonchev–Trinajstić information content (AvgIpc) is 2.89. The summed E-state index contributed by atoms with van der Waals surface area (Å²) in [5, 5.41) is 23.3. The molecule has 1 aromatic carbocycles. The molecule has 0 radical (unpaired) electrons. The molecule has 21 heavy (non-hydrogen) atoms. The average molecular weight is 303 g/mol. The number of aliphatic carboxylic acids is 1. The summed E-state index contributed by atoms with van der Waals surface area (Å²) < 4.78 is 14.5. The Morgan fingerprint density at radius 2 is 1.95 bits per heavy atom. The van der Waals surface area contributed by atoms with E-state index in [0.29, 0.717) is 22.1 Å². The highest BCUT2D eigenvalue weighted by molar-refractivity contribution is 7.99. The molecule has 0 saturated heterocycles. The van der Waals surface area contributed by atoms with Crippen LogP contribution in [0, 0.1) is 5.82 Å². The standard InChI is InChI=1S/C13H9FN4O2S/c14-9-3-1-8(2-4-9)13-16-15-10-5-6-11(17-18(10)13)21-7-12(19)20/h1-6H,7H2,(H,19,20)/p-1. The molecule has 2 heterocycles. The van der Waals surface area contributed by atoms with Crippen molar-refractivity contribution in [3.63, 3.8) is 0 Å². The molecule has 0 fully saturated rings. The second kappa shape index (κ2) is 5.49. The summed E-state index contributed by atoms with van der Waals surface area (Å²) in [6.07, 6.45) is 0. The second-order valence-electron chi connectivity index (χ2n) is 4.13. The van der Waals surface area contributed by atoms with Crippen molar-refractivity contribution in [2.45, 2.75) is 5.03 Å². The Kier molecular flexibility index (Phi) is 3.53. The van der Waals surface area contributed by atoms with Crippen LogP contribution in [0.3, 0.4) is 0 Å². The second-order valence-corrected chi connectivity index (χ2v) is 5.13. The van der Waals surface area contributed by atoms with Gasteiger partial charge in [0.2, 0.25) is 0 Å². The predicted molar refractivity (Wildman–Crippen MR) is 71.9 cm³/mol. The van der Waals surface area contributed by atoms with Gasteiger partial charge in [-0.2, -0.15) is 9.61 Å². The Bertz CT molecular complexity index is 804. The molecule has 2 aromatic heterocycles. The van der Waals surface area contributed by atoms with Gasteiger partial charge in [-0.25, -0.2) is 4.39 Å². The van der Waals surface area contributed by atoms with E-state index >= 15 is 0 Å². The minimum atomic E-state index is -1.16. The first-order chi connectivity index (χ1) is 10.1. The van der Waals surface area contributed by atoms with Gasteiger partial charge in [0, 0.05) is 11.3 Å². The lowest BCUT2D eigenvalue weighted by molar-refractivity contribution is -0.301. The number of carbonyl (C=O) groups excluding carboxylic acids is 1. The Hall–Kier alpha value is -2.48. The monoisotopic (exact) mass is 303 g/mol. The predicted octanol–water partition coefficient (Wildman–Crippen LogP) is 0.772. The van der Waals surface area contributed by atoms with E-state index in [-0.39, 0.29) is 11.6 Å². The Balaban J connectivity index is 2.01. The highest BCUT2D eigenvalue weighted by Gasteiger charge is 2.10. The van der Waals surface area contributed by atoms with Crippen LogP contribution in [0.1, 0.15) is 0 Å². The number of hydrogen-bond acceptors (Lipinski definition) is 6. The maximum Gasteiger partial charge on any atom is 0.185 e. The van der Waals surface area contributed by atoms with Gasteiger partial charge in [0.1, 0.15) is 10.8 Å². The zero-order chi connectivity index (χ0) is 14.8. The van der Waals surface area contributed by atoms with E-state index in [4.69, 9.17) is 0 Å². The molecular formula is C13H8FN4O2S-. The summed E-state index contributed by atoms with van der Waals surface area (Å²) in [6, 6.07) is 9.15. The van der Waals surface area contributed by atoms with Gasteiger partial charge in [-0.05, 0) is 36.4 Å². The fourth-order valence-corrected chi connectivity index (χ4v) is 2.33. The summed E-state index contributed by atoms with van der Waals surface area (Å²) in [5.41, 5.74) is 1.19. The van der Waals surface area contributed by atoms with Gasteiger partial charge in [-0.15, -0.1) is 10.2 Å². The van der Waals surface area contributed by atoms with Crippen LogP contribution in [-0.2, 0) is 4.79 Å². The Morgan fingerprint density at radius 1 is 1.19 bits per heavy atom. The fraction of sp³-hybridized carbons (Fsp3) is 0.0769. The molecule has 3 aromatic rings. The molecule has 0 unspecified atom stereocenters. The number of hydrogen-bond donors (Lipinski definition) is 0. The van der Waals surface area contributed by atoms with Gasteiger partial charge < -0.3 is 9.90 Å². The minimum absolute atomic E-state index is 0.188. The fourth-order valence-electron chi connectivity index (χ4n) is 1.76. The first kappa shape index (κ1) is 13.5. The van der Waals surface area contributed by atoms with Crippen LogP contribution in [0.25, 0.3) is 17.0 Å². The quantitative estimate of drug-likeness (QED) is 0.662. The van der Waals surface area contributed by atoms with E-state index in [1.807, 2.05) is 0 Å². The number of halogens is 1. The number of carboxylic acids is 1. The number of benzene rings is 1. The first-order valence-electron chi connectivity index (χ1n) is 5.94. The van der Waals surface area contributed by atoms with Crippen LogP contribution >= 0.6 is 11.8 Å². The van der Waals surface area contributed by atoms with Crippen molar-refractivity contribution in [3.05, 3.63) is 42.2 Å². The van der Waals surface area contributed by atoms with Crippen LogP contribution in [0.4, 0.5) is 4.39 Å². The highest BCUT2D eigenvalue weighted by Crippen LogP contribution is 2.20. The summed E-state index contributed by atoms with van der Waals surface area (Å²) in [7, 11) is 0. The molecule has 3 rings (SSSR count). The van der Waals surface area contributed by atoms with E-state index in [1.165, 1.54) is 16.6 Å². The van der Waals surface area contributed by atoms with E-state index in [1.54, 1.807) is 24.3 Å². The third-order valence-corrected chi connectivity index (χ3v) is 3.57. The van der Waals surface area contributed by atoms with Crippen molar-refractivity contribution in [1.82, 2.24) is 19.8 Å². The van der Waals surface area contributed by atoms with E-state index in [0.717, 1.165) is 11.8 Å². The molecule has 0 spiro atoms. The van der Waals surface area contributed by atoms with Crippen molar-refractivity contribution >= 4 is 23.4 Å². The number of fused-ring (bicyclic) bond motifs is 1. The van der Waals surface area contributed by atoms with Crippen molar-refractivity contribution < 1.29 is 14.3 Å². The van der Waals surface area contributed by atoms with Crippen molar-refractivity contribution in [2.24, 2.45) is 0 Å². The van der Waals surface area contributed by atoms with E-state index < -0.39 is 5.97 Å². The largest absolute Gasteiger partial charge is 0.549 e. The molecule has 0 N–H and O–H groups in total. The maximum absolute atomic E-state index is 13.0. The SMILES string of the molecule is O=C([O-])CSc1ccc2nnc(-c3ccc(F)cc3)n2n1. The van der Waals surface area contributed by atoms with Crippen LogP contribution in [-0.4, -0.2) is 31.5 Å². The number of aromatic nitrogens is 4. The third kappa shape index (κ3) is 2.84. The zero-order valence-corrected chi connectivity index (χ0v) is 11.4. The van der Waals surface area contributed by atoms with Gasteiger partial charge in [-0.3, -0.25) is 0 Å². The molecule has 0 bridgehead atoms. The highest BCUT2D eigenvalue weighted by atomic mass is 32.2. The molecule has 0 amide bonds. The molecule has 8 heteroatoms. The van der Waals surface area contributed by atoms with E-state index in [2.05, 4.69) is 15.3 Å². The van der Waals surface area contributed by atoms with Gasteiger partial charge >= 0.3 is 0 Å². The number of thioether (sulfide) groups is 1. The summed E-state index contributed by atoms with van der Waals surface area (Å²) in [4.78, 5) is 10.5. The zero-order valence-electron chi connectivity index (χ0n) is 10.6. The Morgan fingerprint density at radius 3 is 2.67 bits per heavy atom. The number of carboxylic acid groups (broad SMARTS) is 1. The molecule has 0 aliphatic rings. The smallest absolute Gasteiger partial charge is 0.185 e. The van der Waals surface area contributed by atoms with Crippen LogP contribution in [0.5, 0.6) is 0 Å². The van der Waals surface area contributed by atoms with Gasteiger partial charge in [-0.1, -0.05) is 11.8 Å². The molecule has 0 atom stereocenters. The van der Waals surface area contributed by atoms with Crippen molar-refractivity contribution in [3.8, 4) is 11.4 Å². The lowest BCUT2D eigenvalue weighted by Gasteiger charge is -2.03. The first-order valence-corrected chi connectivity index (χ1v) is 6.93. The summed E-state index contributed by atoms with van der Waals surface area (Å²) in [6.45, 7) is 0. The summed E-state index contributed by atoms with van der Waals surface area (Å²) in [5.74, 6) is -1.23. The number of carbonyl (C=O) groups is 1. The Labute approximate surface area is 122 Å². The third-order valence-electron chi connectivity index (χ3n) is 2.68. The number of rotatable bonds is 4. The van der Waals surface area contributed by atoms with Gasteiger partial charge in [0.25, 0.3) is 0 Å².